The van der Waals surface area contributed by atoms with E-state index in [4.69, 9.17) is 9.98 Å². The van der Waals surface area contributed by atoms with Crippen molar-refractivity contribution in [2.75, 3.05) is 0 Å². The second-order valence-corrected chi connectivity index (χ2v) is 13.8. The van der Waals surface area contributed by atoms with E-state index in [1.807, 2.05) is 0 Å². The zero-order valence-electron chi connectivity index (χ0n) is 27.9. The monoisotopic (exact) mass is 620 g/mol. The molecule has 8 rings (SSSR count). The molecule has 2 nitrogen and oxygen atoms in total. The number of rotatable bonds is 5. The van der Waals surface area contributed by atoms with Gasteiger partial charge in [-0.15, -0.1) is 0 Å². The van der Waals surface area contributed by atoms with Crippen LogP contribution in [0.5, 0.6) is 0 Å². The van der Waals surface area contributed by atoms with Crippen molar-refractivity contribution in [2.24, 2.45) is 15.9 Å². The molecule has 0 fully saturated rings. The van der Waals surface area contributed by atoms with Crippen molar-refractivity contribution in [1.82, 2.24) is 0 Å². The first-order chi connectivity index (χ1) is 23.5. The molecule has 0 amide bonds. The Morgan fingerprint density at radius 1 is 0.521 bits per heavy atom. The SMILES string of the molecule is CC1CCC(c2ccccc2)=NC(c2ccccc2)=NC1c1cccc(-c2cccc(-c3ccc4c(c3)C(C)(C)c3ccccc3-4)c2)c1. The Hall–Kier alpha value is -5.34. The number of hydrogen-bond donors (Lipinski definition) is 0. The summed E-state index contributed by atoms with van der Waals surface area (Å²) in [5.41, 5.74) is 15.0. The number of nitrogens with zero attached hydrogens (tertiary/aromatic N) is 2. The zero-order valence-corrected chi connectivity index (χ0v) is 27.9. The van der Waals surface area contributed by atoms with Gasteiger partial charge >= 0.3 is 0 Å². The summed E-state index contributed by atoms with van der Waals surface area (Å²) in [7, 11) is 0. The third-order valence-electron chi connectivity index (χ3n) is 10.4. The number of aliphatic imine (C=N–C) groups is 2. The van der Waals surface area contributed by atoms with E-state index in [0.29, 0.717) is 5.92 Å². The molecule has 0 aromatic heterocycles. The predicted molar refractivity (Wildman–Crippen MR) is 202 cm³/mol. The van der Waals surface area contributed by atoms with Gasteiger partial charge in [-0.1, -0.05) is 154 Å². The molecule has 2 unspecified atom stereocenters. The number of fused-ring (bicyclic) bond motifs is 3. The van der Waals surface area contributed by atoms with Crippen LogP contribution >= 0.6 is 0 Å². The van der Waals surface area contributed by atoms with Gasteiger partial charge in [0.25, 0.3) is 0 Å². The molecule has 1 aliphatic heterocycles. The standard InChI is InChI=1S/C46H40N2/c1-31-24-27-43(32-14-6-4-7-15-32)47-45(33-16-8-5-9-17-33)48-44(31)38-21-13-20-36(29-38)34-18-12-19-35(28-34)37-25-26-40-39-22-10-11-23-41(39)46(2,3)42(40)30-37/h4-23,25-26,28-31,44H,24,27H2,1-3H3. The van der Waals surface area contributed by atoms with Gasteiger partial charge in [-0.2, -0.15) is 0 Å². The van der Waals surface area contributed by atoms with Gasteiger partial charge in [0.15, 0.2) is 5.84 Å². The smallest absolute Gasteiger partial charge is 0.155 e. The average Bonchev–Trinajstić information content (AvgIpc) is 3.36. The van der Waals surface area contributed by atoms with Gasteiger partial charge in [0.1, 0.15) is 0 Å². The summed E-state index contributed by atoms with van der Waals surface area (Å²) in [6, 6.07) is 54.8. The van der Waals surface area contributed by atoms with Gasteiger partial charge in [0.05, 0.1) is 11.8 Å². The van der Waals surface area contributed by atoms with Crippen LogP contribution in [0.4, 0.5) is 0 Å². The maximum atomic E-state index is 5.43. The summed E-state index contributed by atoms with van der Waals surface area (Å²) >= 11 is 0. The summed E-state index contributed by atoms with van der Waals surface area (Å²) in [5, 5.41) is 0. The van der Waals surface area contributed by atoms with Crippen LogP contribution in [0, 0.1) is 5.92 Å². The third-order valence-corrected chi connectivity index (χ3v) is 10.4. The van der Waals surface area contributed by atoms with Crippen molar-refractivity contribution in [3.05, 3.63) is 179 Å². The summed E-state index contributed by atoms with van der Waals surface area (Å²) in [6.45, 7) is 7.03. The Labute approximate surface area is 284 Å². The maximum absolute atomic E-state index is 5.43. The van der Waals surface area contributed by atoms with Crippen molar-refractivity contribution in [2.45, 2.75) is 45.1 Å². The molecule has 48 heavy (non-hydrogen) atoms. The lowest BCUT2D eigenvalue weighted by Crippen LogP contribution is -2.18. The van der Waals surface area contributed by atoms with Crippen LogP contribution in [0.1, 0.15) is 67.5 Å². The molecule has 0 saturated carbocycles. The van der Waals surface area contributed by atoms with Crippen LogP contribution < -0.4 is 0 Å². The van der Waals surface area contributed by atoms with E-state index in [1.54, 1.807) is 0 Å². The molecule has 0 saturated heterocycles. The minimum Gasteiger partial charge on any atom is -0.258 e. The second kappa shape index (κ2) is 12.4. The topological polar surface area (TPSA) is 24.7 Å². The highest BCUT2D eigenvalue weighted by atomic mass is 15.0. The fraction of sp³-hybridized carbons (Fsp3) is 0.174. The fourth-order valence-electron chi connectivity index (χ4n) is 7.63. The van der Waals surface area contributed by atoms with E-state index in [0.717, 1.165) is 30.0 Å². The van der Waals surface area contributed by atoms with Crippen LogP contribution in [0.25, 0.3) is 33.4 Å². The van der Waals surface area contributed by atoms with E-state index in [-0.39, 0.29) is 11.5 Å². The molecular weight excluding hydrogens is 581 g/mol. The molecule has 1 heterocycles. The lowest BCUT2D eigenvalue weighted by atomic mass is 9.81. The van der Waals surface area contributed by atoms with Gasteiger partial charge in [0.2, 0.25) is 0 Å². The van der Waals surface area contributed by atoms with Gasteiger partial charge in [-0.3, -0.25) is 4.99 Å². The Kier molecular flexibility index (Phi) is 7.73. The van der Waals surface area contributed by atoms with E-state index in [9.17, 15) is 0 Å². The zero-order chi connectivity index (χ0) is 32.7. The molecule has 2 heteroatoms. The van der Waals surface area contributed by atoms with Gasteiger partial charge in [-0.05, 0) is 92.6 Å². The van der Waals surface area contributed by atoms with Gasteiger partial charge in [-0.25, -0.2) is 4.99 Å². The lowest BCUT2D eigenvalue weighted by Gasteiger charge is -2.25. The molecule has 0 radical (unpaired) electrons. The first kappa shape index (κ1) is 30.0. The summed E-state index contributed by atoms with van der Waals surface area (Å²) < 4.78 is 0. The largest absolute Gasteiger partial charge is 0.258 e. The Balaban J connectivity index is 1.16. The van der Waals surface area contributed by atoms with Crippen LogP contribution in [-0.2, 0) is 5.41 Å². The van der Waals surface area contributed by atoms with Crippen molar-refractivity contribution in [3.8, 4) is 33.4 Å². The van der Waals surface area contributed by atoms with Crippen molar-refractivity contribution in [1.29, 1.82) is 0 Å². The molecular formula is C46H40N2. The number of amidine groups is 1. The van der Waals surface area contributed by atoms with Gasteiger partial charge in [0, 0.05) is 11.0 Å². The summed E-state index contributed by atoms with van der Waals surface area (Å²) in [4.78, 5) is 10.7. The molecule has 6 aromatic carbocycles. The van der Waals surface area contributed by atoms with E-state index in [1.165, 1.54) is 55.6 Å². The molecule has 234 valence electrons. The predicted octanol–water partition coefficient (Wildman–Crippen LogP) is 11.7. The van der Waals surface area contributed by atoms with Crippen LogP contribution in [0.15, 0.2) is 162 Å². The molecule has 0 bridgehead atoms. The number of benzene rings is 6. The second-order valence-electron chi connectivity index (χ2n) is 13.8. The molecule has 6 aromatic rings. The normalized spacial score (nSPS) is 18.1. The third kappa shape index (κ3) is 5.52. The molecule has 2 atom stereocenters. The molecule has 0 spiro atoms. The average molecular weight is 621 g/mol. The number of hydrogen-bond acceptors (Lipinski definition) is 2. The van der Waals surface area contributed by atoms with Gasteiger partial charge < -0.3 is 0 Å². The maximum Gasteiger partial charge on any atom is 0.155 e. The van der Waals surface area contributed by atoms with E-state index >= 15 is 0 Å². The van der Waals surface area contributed by atoms with E-state index in [2.05, 4.69) is 172 Å². The van der Waals surface area contributed by atoms with Crippen LogP contribution in [0.3, 0.4) is 0 Å². The minimum absolute atomic E-state index is 0.00462. The van der Waals surface area contributed by atoms with Crippen molar-refractivity contribution < 1.29 is 0 Å². The Bertz CT molecular complexity index is 2170. The Morgan fingerprint density at radius 3 is 1.85 bits per heavy atom. The summed E-state index contributed by atoms with van der Waals surface area (Å²) in [5.74, 6) is 1.15. The van der Waals surface area contributed by atoms with Crippen molar-refractivity contribution in [3.63, 3.8) is 0 Å². The fourth-order valence-corrected chi connectivity index (χ4v) is 7.63. The van der Waals surface area contributed by atoms with Crippen LogP contribution in [-0.4, -0.2) is 11.5 Å². The lowest BCUT2D eigenvalue weighted by molar-refractivity contribution is 0.446. The quantitative estimate of drug-likeness (QED) is 0.183. The van der Waals surface area contributed by atoms with E-state index < -0.39 is 0 Å². The van der Waals surface area contributed by atoms with Crippen molar-refractivity contribution >= 4 is 11.5 Å². The first-order valence-electron chi connectivity index (χ1n) is 17.2. The highest BCUT2D eigenvalue weighted by Gasteiger charge is 2.35. The first-order valence-corrected chi connectivity index (χ1v) is 17.2. The Morgan fingerprint density at radius 2 is 1.10 bits per heavy atom. The minimum atomic E-state index is -0.0206. The highest BCUT2D eigenvalue weighted by Crippen LogP contribution is 2.49. The molecule has 2 aliphatic rings. The molecule has 1 aliphatic carbocycles. The molecule has 0 N–H and O–H groups in total. The summed E-state index contributed by atoms with van der Waals surface area (Å²) in [6.07, 6.45) is 1.93. The van der Waals surface area contributed by atoms with Crippen LogP contribution in [0.2, 0.25) is 0 Å². The highest BCUT2D eigenvalue weighted by molar-refractivity contribution is 6.12.